The Morgan fingerprint density at radius 2 is 2.15 bits per heavy atom. The number of aryl methyl sites for hydroxylation is 1. The minimum atomic E-state index is 0.115. The van der Waals surface area contributed by atoms with Gasteiger partial charge < -0.3 is 5.73 Å². The van der Waals surface area contributed by atoms with Crippen LogP contribution in [0, 0.1) is 5.92 Å². The average molecular weight is 286 g/mol. The molecule has 20 heavy (non-hydrogen) atoms. The first-order chi connectivity index (χ1) is 9.61. The quantitative estimate of drug-likeness (QED) is 0.696. The van der Waals surface area contributed by atoms with Crippen molar-refractivity contribution in [1.82, 2.24) is 4.98 Å². The number of anilines is 1. The van der Waals surface area contributed by atoms with Gasteiger partial charge in [-0.05, 0) is 49.4 Å². The zero-order chi connectivity index (χ0) is 14.1. The molecule has 0 bridgehead atoms. The molecule has 1 aliphatic rings. The number of Topliss-reactive ketones (excluding diaryl/α,β-unsaturated/α-hetero) is 1. The van der Waals surface area contributed by atoms with Crippen molar-refractivity contribution >= 4 is 22.8 Å². The SMILES string of the molecule is CC1CCc2nc(CC(=O)c3ccc(N)cc3)sc2C1. The summed E-state index contributed by atoms with van der Waals surface area (Å²) in [6, 6.07) is 7.10. The summed E-state index contributed by atoms with van der Waals surface area (Å²) >= 11 is 1.71. The first kappa shape index (κ1) is 13.3. The van der Waals surface area contributed by atoms with Crippen LogP contribution in [0.15, 0.2) is 24.3 Å². The highest BCUT2D eigenvalue weighted by molar-refractivity contribution is 7.11. The zero-order valence-electron chi connectivity index (χ0n) is 11.6. The zero-order valence-corrected chi connectivity index (χ0v) is 12.4. The van der Waals surface area contributed by atoms with Crippen LogP contribution in [-0.2, 0) is 19.3 Å². The predicted molar refractivity (Wildman–Crippen MR) is 82.2 cm³/mol. The van der Waals surface area contributed by atoms with E-state index in [-0.39, 0.29) is 5.78 Å². The summed E-state index contributed by atoms with van der Waals surface area (Å²) in [6.07, 6.45) is 3.78. The van der Waals surface area contributed by atoms with Crippen molar-refractivity contribution in [2.24, 2.45) is 5.92 Å². The van der Waals surface area contributed by atoms with E-state index in [1.807, 2.05) is 0 Å². The second-order valence-corrected chi connectivity index (χ2v) is 6.72. The van der Waals surface area contributed by atoms with Crippen LogP contribution in [0.2, 0.25) is 0 Å². The molecule has 4 heteroatoms. The number of nitrogens with two attached hydrogens (primary N) is 1. The lowest BCUT2D eigenvalue weighted by molar-refractivity contribution is 0.0993. The maximum atomic E-state index is 12.2. The van der Waals surface area contributed by atoms with E-state index < -0.39 is 0 Å². The van der Waals surface area contributed by atoms with Gasteiger partial charge in [0.25, 0.3) is 0 Å². The molecule has 2 aromatic rings. The molecular formula is C16H18N2OS. The van der Waals surface area contributed by atoms with Gasteiger partial charge in [-0.1, -0.05) is 6.92 Å². The molecule has 0 aliphatic heterocycles. The van der Waals surface area contributed by atoms with Gasteiger partial charge >= 0.3 is 0 Å². The molecular weight excluding hydrogens is 268 g/mol. The van der Waals surface area contributed by atoms with Crippen molar-refractivity contribution in [3.63, 3.8) is 0 Å². The fourth-order valence-electron chi connectivity index (χ4n) is 2.58. The summed E-state index contributed by atoms with van der Waals surface area (Å²) in [5.41, 5.74) is 8.24. The third-order valence-corrected chi connectivity index (χ3v) is 4.89. The molecule has 3 rings (SSSR count). The van der Waals surface area contributed by atoms with E-state index in [4.69, 9.17) is 5.73 Å². The minimum absolute atomic E-state index is 0.115. The highest BCUT2D eigenvalue weighted by Crippen LogP contribution is 2.30. The lowest BCUT2D eigenvalue weighted by atomic mass is 9.93. The van der Waals surface area contributed by atoms with Gasteiger partial charge in [0.2, 0.25) is 0 Å². The van der Waals surface area contributed by atoms with Gasteiger partial charge in [-0.15, -0.1) is 11.3 Å². The molecule has 0 amide bonds. The van der Waals surface area contributed by atoms with Crippen molar-refractivity contribution < 1.29 is 4.79 Å². The van der Waals surface area contributed by atoms with E-state index >= 15 is 0 Å². The first-order valence-corrected chi connectivity index (χ1v) is 7.79. The molecule has 2 N–H and O–H groups in total. The van der Waals surface area contributed by atoms with E-state index in [0.29, 0.717) is 17.7 Å². The third kappa shape index (κ3) is 2.75. The largest absolute Gasteiger partial charge is 0.399 e. The van der Waals surface area contributed by atoms with Gasteiger partial charge in [-0.25, -0.2) is 4.98 Å². The van der Waals surface area contributed by atoms with E-state index in [1.54, 1.807) is 35.6 Å². The number of carbonyl (C=O) groups is 1. The maximum Gasteiger partial charge on any atom is 0.169 e. The standard InChI is InChI=1S/C16H18N2OS/c1-10-2-7-13-15(8-10)20-16(18-13)9-14(19)11-3-5-12(17)6-4-11/h3-6,10H,2,7-9,17H2,1H3. The van der Waals surface area contributed by atoms with Crippen LogP contribution in [-0.4, -0.2) is 10.8 Å². The van der Waals surface area contributed by atoms with Crippen molar-refractivity contribution in [3.8, 4) is 0 Å². The molecule has 0 fully saturated rings. The average Bonchev–Trinajstić information content (AvgIpc) is 2.80. The van der Waals surface area contributed by atoms with Gasteiger partial charge in [0.15, 0.2) is 5.78 Å². The Balaban J connectivity index is 1.75. The number of rotatable bonds is 3. The number of hydrogen-bond acceptors (Lipinski definition) is 4. The summed E-state index contributed by atoms with van der Waals surface area (Å²) in [6.45, 7) is 2.28. The summed E-state index contributed by atoms with van der Waals surface area (Å²) in [4.78, 5) is 18.2. The molecule has 3 nitrogen and oxygen atoms in total. The fraction of sp³-hybridized carbons (Fsp3) is 0.375. The van der Waals surface area contributed by atoms with Gasteiger partial charge in [0.05, 0.1) is 12.1 Å². The van der Waals surface area contributed by atoms with Gasteiger partial charge in [0.1, 0.15) is 5.01 Å². The Hall–Kier alpha value is -1.68. The fourth-order valence-corrected chi connectivity index (χ4v) is 3.85. The van der Waals surface area contributed by atoms with Crippen LogP contribution in [0.5, 0.6) is 0 Å². The molecule has 104 valence electrons. The highest BCUT2D eigenvalue weighted by atomic mass is 32.1. The number of nitrogens with zero attached hydrogens (tertiary/aromatic N) is 1. The lowest BCUT2D eigenvalue weighted by Gasteiger charge is -2.15. The molecule has 1 aliphatic carbocycles. The Bertz CT molecular complexity index is 630. The number of nitrogen functional groups attached to an aromatic ring is 1. The van der Waals surface area contributed by atoms with E-state index in [0.717, 1.165) is 23.8 Å². The topological polar surface area (TPSA) is 56.0 Å². The van der Waals surface area contributed by atoms with Gasteiger partial charge in [-0.3, -0.25) is 4.79 Å². The molecule has 1 atom stereocenters. The number of aromatic nitrogens is 1. The second-order valence-electron chi connectivity index (χ2n) is 5.55. The number of benzene rings is 1. The van der Waals surface area contributed by atoms with Crippen LogP contribution in [0.4, 0.5) is 5.69 Å². The molecule has 0 spiro atoms. The first-order valence-electron chi connectivity index (χ1n) is 6.98. The Morgan fingerprint density at radius 1 is 1.40 bits per heavy atom. The van der Waals surface area contributed by atoms with Crippen molar-refractivity contribution in [3.05, 3.63) is 45.4 Å². The molecule has 0 saturated carbocycles. The summed E-state index contributed by atoms with van der Waals surface area (Å²) < 4.78 is 0. The maximum absolute atomic E-state index is 12.2. The molecule has 1 aromatic heterocycles. The van der Waals surface area contributed by atoms with Crippen LogP contribution in [0.1, 0.15) is 39.3 Å². The van der Waals surface area contributed by atoms with E-state index in [2.05, 4.69) is 11.9 Å². The van der Waals surface area contributed by atoms with Crippen LogP contribution in [0.25, 0.3) is 0 Å². The van der Waals surface area contributed by atoms with Crippen LogP contribution < -0.4 is 5.73 Å². The second kappa shape index (κ2) is 5.37. The summed E-state index contributed by atoms with van der Waals surface area (Å²) in [5, 5.41) is 0.950. The Kier molecular flexibility index (Phi) is 3.57. The van der Waals surface area contributed by atoms with E-state index in [1.165, 1.54) is 17.0 Å². The van der Waals surface area contributed by atoms with Crippen LogP contribution in [0.3, 0.4) is 0 Å². The van der Waals surface area contributed by atoms with Crippen molar-refractivity contribution in [2.75, 3.05) is 5.73 Å². The highest BCUT2D eigenvalue weighted by Gasteiger charge is 2.20. The number of thiazole rings is 1. The molecule has 1 heterocycles. The summed E-state index contributed by atoms with van der Waals surface area (Å²) in [5.74, 6) is 0.854. The molecule has 0 radical (unpaired) electrons. The van der Waals surface area contributed by atoms with E-state index in [9.17, 15) is 4.79 Å². The van der Waals surface area contributed by atoms with Crippen LogP contribution >= 0.6 is 11.3 Å². The van der Waals surface area contributed by atoms with Gasteiger partial charge in [0, 0.05) is 16.1 Å². The van der Waals surface area contributed by atoms with Crippen molar-refractivity contribution in [1.29, 1.82) is 0 Å². The minimum Gasteiger partial charge on any atom is -0.399 e. The molecule has 1 aromatic carbocycles. The number of carbonyl (C=O) groups excluding carboxylic acids is 1. The molecule has 0 saturated heterocycles. The number of hydrogen-bond donors (Lipinski definition) is 1. The Morgan fingerprint density at radius 3 is 2.90 bits per heavy atom. The summed E-state index contributed by atoms with van der Waals surface area (Å²) in [7, 11) is 0. The molecule has 1 unspecified atom stereocenters. The normalized spacial score (nSPS) is 17.8. The number of ketones is 1. The monoisotopic (exact) mass is 286 g/mol. The predicted octanol–water partition coefficient (Wildman–Crippen LogP) is 3.28. The lowest BCUT2D eigenvalue weighted by Crippen LogP contribution is -2.09. The van der Waals surface area contributed by atoms with Gasteiger partial charge in [-0.2, -0.15) is 0 Å². The Labute approximate surface area is 122 Å². The smallest absolute Gasteiger partial charge is 0.169 e. The number of fused-ring (bicyclic) bond motifs is 1. The van der Waals surface area contributed by atoms with Crippen molar-refractivity contribution in [2.45, 2.75) is 32.6 Å². The third-order valence-electron chi connectivity index (χ3n) is 3.77.